The number of alkyl halides is 3. The number of carbonyl (C=O) groups is 1. The Bertz CT molecular complexity index is 282. The fraction of sp³-hybridized carbons (Fsp3) is 0.800. The summed E-state index contributed by atoms with van der Waals surface area (Å²) >= 11 is 0. The highest BCUT2D eigenvalue weighted by Gasteiger charge is 2.65. The molecule has 3 N–H and O–H groups in total. The minimum Gasteiger partial charge on any atom is -0.370 e. The van der Waals surface area contributed by atoms with Gasteiger partial charge in [-0.25, -0.2) is 0 Å². The maximum atomic E-state index is 12.1. The van der Waals surface area contributed by atoms with Crippen LogP contribution in [0.25, 0.3) is 0 Å². The quantitative estimate of drug-likeness (QED) is 0.616. The average molecular weight is 236 g/mol. The average Bonchev–Trinajstić information content (AvgIpc) is 1.79. The third-order valence-electron chi connectivity index (χ3n) is 1.43. The summed E-state index contributed by atoms with van der Waals surface area (Å²) in [5.74, 6) is -1.17. The van der Waals surface area contributed by atoms with E-state index >= 15 is 0 Å². The van der Waals surface area contributed by atoms with Crippen LogP contribution in [-0.4, -0.2) is 32.2 Å². The lowest BCUT2D eigenvalue weighted by molar-refractivity contribution is -0.231. The number of Topliss-reactive ketones (excluding diaryl/α,β-unsaturated/α-hetero) is 1. The number of aliphatic hydroxyl groups is 1. The number of halogens is 3. The Morgan fingerprint density at radius 3 is 1.79 bits per heavy atom. The number of rotatable bonds is 3. The molecule has 0 spiro atoms. The second kappa shape index (κ2) is 3.62. The standard InChI is InChI=1S/C5H8F3O5P/c1-3(9)2-4(10,5(6,7)8)14(11,12)13/h10H,2H2,1H3,(H2,11,12,13). The topological polar surface area (TPSA) is 94.8 Å². The summed E-state index contributed by atoms with van der Waals surface area (Å²) in [4.78, 5) is 27.0. The van der Waals surface area contributed by atoms with Gasteiger partial charge in [0.15, 0.2) is 0 Å². The molecule has 0 aliphatic rings. The molecule has 0 rings (SSSR count). The van der Waals surface area contributed by atoms with E-state index in [-0.39, 0.29) is 0 Å². The third-order valence-corrected chi connectivity index (χ3v) is 2.81. The maximum absolute atomic E-state index is 12.1. The summed E-state index contributed by atoms with van der Waals surface area (Å²) in [5.41, 5.74) is 0. The molecule has 0 aromatic carbocycles. The van der Waals surface area contributed by atoms with Crippen LogP contribution < -0.4 is 0 Å². The second-order valence-corrected chi connectivity index (χ2v) is 4.57. The molecule has 0 saturated heterocycles. The van der Waals surface area contributed by atoms with E-state index in [1.54, 1.807) is 0 Å². The van der Waals surface area contributed by atoms with Crippen molar-refractivity contribution >= 4 is 13.4 Å². The van der Waals surface area contributed by atoms with Crippen LogP contribution in [-0.2, 0) is 9.36 Å². The van der Waals surface area contributed by atoms with Crippen LogP contribution >= 0.6 is 7.60 Å². The molecule has 1 unspecified atom stereocenters. The van der Waals surface area contributed by atoms with Gasteiger partial charge in [-0.1, -0.05) is 0 Å². The Morgan fingerprint density at radius 2 is 1.71 bits per heavy atom. The Hall–Kier alpha value is -0.430. The van der Waals surface area contributed by atoms with E-state index in [0.717, 1.165) is 0 Å². The normalized spacial score (nSPS) is 17.6. The molecule has 0 aliphatic carbocycles. The predicted octanol–water partition coefficient (Wildman–Crippen LogP) is 0.394. The van der Waals surface area contributed by atoms with Crippen molar-refractivity contribution in [3.63, 3.8) is 0 Å². The lowest BCUT2D eigenvalue weighted by atomic mass is 10.2. The number of ketones is 1. The van der Waals surface area contributed by atoms with E-state index in [4.69, 9.17) is 14.9 Å². The lowest BCUT2D eigenvalue weighted by Gasteiger charge is -2.29. The van der Waals surface area contributed by atoms with Crippen molar-refractivity contribution in [2.24, 2.45) is 0 Å². The second-order valence-electron chi connectivity index (χ2n) is 2.74. The molecule has 5 nitrogen and oxygen atoms in total. The van der Waals surface area contributed by atoms with Gasteiger partial charge in [-0.05, 0) is 6.92 Å². The Labute approximate surface area is 76.7 Å². The summed E-state index contributed by atoms with van der Waals surface area (Å²) in [6.07, 6.45) is -7.22. The van der Waals surface area contributed by atoms with E-state index in [2.05, 4.69) is 0 Å². The molecule has 0 heterocycles. The number of hydrogen-bond donors (Lipinski definition) is 3. The highest BCUT2D eigenvalue weighted by Crippen LogP contribution is 2.58. The molecule has 14 heavy (non-hydrogen) atoms. The van der Waals surface area contributed by atoms with Gasteiger partial charge in [0.05, 0.1) is 6.42 Å². The summed E-state index contributed by atoms with van der Waals surface area (Å²) in [5, 5.41) is 4.46. The predicted molar refractivity (Wildman–Crippen MR) is 38.3 cm³/mol. The van der Waals surface area contributed by atoms with Gasteiger partial charge in [0.25, 0.3) is 5.34 Å². The van der Waals surface area contributed by atoms with Crippen molar-refractivity contribution in [3.8, 4) is 0 Å². The molecule has 1 atom stereocenters. The summed E-state index contributed by atoms with van der Waals surface area (Å²) in [7, 11) is -5.85. The van der Waals surface area contributed by atoms with Crippen molar-refractivity contribution in [2.45, 2.75) is 24.9 Å². The molecular weight excluding hydrogens is 228 g/mol. The van der Waals surface area contributed by atoms with Crippen molar-refractivity contribution in [1.29, 1.82) is 0 Å². The molecule has 0 aromatic rings. The zero-order chi connectivity index (χ0) is 11.8. The van der Waals surface area contributed by atoms with Gasteiger partial charge in [-0.2, -0.15) is 13.2 Å². The van der Waals surface area contributed by atoms with E-state index < -0.39 is 31.3 Å². The highest BCUT2D eigenvalue weighted by atomic mass is 31.2. The molecule has 0 saturated carbocycles. The van der Waals surface area contributed by atoms with E-state index in [1.165, 1.54) is 0 Å². The molecule has 84 valence electrons. The van der Waals surface area contributed by atoms with Crippen molar-refractivity contribution in [2.75, 3.05) is 0 Å². The van der Waals surface area contributed by atoms with Gasteiger partial charge >= 0.3 is 13.8 Å². The van der Waals surface area contributed by atoms with E-state index in [9.17, 15) is 22.5 Å². The Kier molecular flexibility index (Phi) is 3.51. The maximum Gasteiger partial charge on any atom is 0.429 e. The Morgan fingerprint density at radius 1 is 1.36 bits per heavy atom. The highest BCUT2D eigenvalue weighted by molar-refractivity contribution is 7.53. The van der Waals surface area contributed by atoms with E-state index in [0.29, 0.717) is 6.92 Å². The first-order chi connectivity index (χ1) is 5.92. The SMILES string of the molecule is CC(=O)CC(O)(C(F)(F)F)P(=O)(O)O. The van der Waals surface area contributed by atoms with Gasteiger partial charge < -0.3 is 14.9 Å². The van der Waals surface area contributed by atoms with Crippen LogP contribution in [0, 0.1) is 0 Å². The van der Waals surface area contributed by atoms with Crippen molar-refractivity contribution in [1.82, 2.24) is 0 Å². The van der Waals surface area contributed by atoms with Crippen LogP contribution in [0.5, 0.6) is 0 Å². The monoisotopic (exact) mass is 236 g/mol. The molecule has 0 bridgehead atoms. The zero-order valence-electron chi connectivity index (χ0n) is 6.95. The smallest absolute Gasteiger partial charge is 0.370 e. The molecule has 0 fully saturated rings. The minimum atomic E-state index is -5.85. The van der Waals surface area contributed by atoms with Crippen LogP contribution in [0.4, 0.5) is 13.2 Å². The van der Waals surface area contributed by atoms with Crippen molar-refractivity contribution in [3.05, 3.63) is 0 Å². The summed E-state index contributed by atoms with van der Waals surface area (Å²) in [6.45, 7) is 0.687. The van der Waals surface area contributed by atoms with Gasteiger partial charge in [0.2, 0.25) is 0 Å². The first-order valence-corrected chi connectivity index (χ1v) is 4.87. The van der Waals surface area contributed by atoms with Gasteiger partial charge in [0, 0.05) is 0 Å². The third kappa shape index (κ3) is 2.54. The molecule has 9 heteroatoms. The Balaban J connectivity index is 5.29. The molecule has 0 aliphatic heterocycles. The van der Waals surface area contributed by atoms with Crippen LogP contribution in [0.2, 0.25) is 0 Å². The van der Waals surface area contributed by atoms with Crippen LogP contribution in [0.15, 0.2) is 0 Å². The number of hydrogen-bond acceptors (Lipinski definition) is 3. The van der Waals surface area contributed by atoms with Crippen molar-refractivity contribution < 1.29 is 37.4 Å². The summed E-state index contributed by atoms with van der Waals surface area (Å²) in [6, 6.07) is 0. The van der Waals surface area contributed by atoms with Gasteiger partial charge in [-0.15, -0.1) is 0 Å². The lowest BCUT2D eigenvalue weighted by Crippen LogP contribution is -2.46. The molecule has 0 radical (unpaired) electrons. The fourth-order valence-corrected chi connectivity index (χ4v) is 1.47. The fourth-order valence-electron chi connectivity index (χ4n) is 0.715. The molecular formula is C5H8F3O5P. The number of carbonyl (C=O) groups excluding carboxylic acids is 1. The first-order valence-electron chi connectivity index (χ1n) is 3.26. The first kappa shape index (κ1) is 13.6. The van der Waals surface area contributed by atoms with Crippen LogP contribution in [0.1, 0.15) is 13.3 Å². The minimum absolute atomic E-state index is 0.687. The zero-order valence-corrected chi connectivity index (χ0v) is 7.84. The van der Waals surface area contributed by atoms with E-state index in [1.807, 2.05) is 0 Å². The summed E-state index contributed by atoms with van der Waals surface area (Å²) < 4.78 is 46.6. The molecule has 0 aromatic heterocycles. The van der Waals surface area contributed by atoms with Gasteiger partial charge in [0.1, 0.15) is 5.78 Å². The molecule has 0 amide bonds. The van der Waals surface area contributed by atoms with Gasteiger partial charge in [-0.3, -0.25) is 9.36 Å². The van der Waals surface area contributed by atoms with Crippen LogP contribution in [0.3, 0.4) is 0 Å². The largest absolute Gasteiger partial charge is 0.429 e.